The molecule has 156 valence electrons. The number of rotatable bonds is 7. The predicted molar refractivity (Wildman–Crippen MR) is 101 cm³/mol. The SMILES string of the molecule is CCSCC(C)(OC)c1cc2cc([N+](=O)[O-])c(C(F)(F)F)cc2n1S(C)(=O)=O. The third-order valence-electron chi connectivity index (χ3n) is 4.28. The van der Waals surface area contributed by atoms with E-state index in [1.165, 1.54) is 24.9 Å². The van der Waals surface area contributed by atoms with Crippen LogP contribution in [0.1, 0.15) is 25.1 Å². The molecule has 1 heterocycles. The van der Waals surface area contributed by atoms with E-state index in [0.29, 0.717) is 17.6 Å². The molecule has 1 aromatic heterocycles. The maximum atomic E-state index is 13.3. The van der Waals surface area contributed by atoms with Gasteiger partial charge in [0.05, 0.1) is 22.4 Å². The number of alkyl halides is 3. The van der Waals surface area contributed by atoms with E-state index < -0.39 is 38.0 Å². The van der Waals surface area contributed by atoms with Crippen molar-refractivity contribution in [1.29, 1.82) is 0 Å². The smallest absolute Gasteiger partial charge is 0.371 e. The van der Waals surface area contributed by atoms with Crippen LogP contribution in [0.3, 0.4) is 0 Å². The molecule has 0 aliphatic rings. The van der Waals surface area contributed by atoms with Gasteiger partial charge < -0.3 is 4.74 Å². The van der Waals surface area contributed by atoms with E-state index in [1.807, 2.05) is 6.92 Å². The van der Waals surface area contributed by atoms with Gasteiger partial charge in [-0.25, -0.2) is 12.4 Å². The number of ether oxygens (including phenoxy) is 1. The highest BCUT2D eigenvalue weighted by atomic mass is 32.2. The fourth-order valence-electron chi connectivity index (χ4n) is 2.86. The van der Waals surface area contributed by atoms with Crippen molar-refractivity contribution in [2.45, 2.75) is 25.6 Å². The number of hydrogen-bond acceptors (Lipinski definition) is 6. The van der Waals surface area contributed by atoms with Crippen molar-refractivity contribution in [3.8, 4) is 0 Å². The summed E-state index contributed by atoms with van der Waals surface area (Å²) in [5, 5.41) is 11.2. The van der Waals surface area contributed by atoms with Gasteiger partial charge in [0.1, 0.15) is 11.2 Å². The van der Waals surface area contributed by atoms with E-state index in [0.717, 1.165) is 16.3 Å². The van der Waals surface area contributed by atoms with Gasteiger partial charge in [0.25, 0.3) is 5.69 Å². The summed E-state index contributed by atoms with van der Waals surface area (Å²) in [5.41, 5.74) is -3.99. The van der Waals surface area contributed by atoms with E-state index in [1.54, 1.807) is 6.92 Å². The molecule has 28 heavy (non-hydrogen) atoms. The van der Waals surface area contributed by atoms with Gasteiger partial charge in [-0.1, -0.05) is 6.92 Å². The molecule has 12 heteroatoms. The third kappa shape index (κ3) is 4.13. The van der Waals surface area contributed by atoms with Crippen molar-refractivity contribution in [1.82, 2.24) is 3.97 Å². The van der Waals surface area contributed by atoms with Crippen LogP contribution in [0.15, 0.2) is 18.2 Å². The molecule has 2 rings (SSSR count). The summed E-state index contributed by atoms with van der Waals surface area (Å²) in [6, 6.07) is 2.57. The first-order valence-electron chi connectivity index (χ1n) is 8.01. The number of aromatic nitrogens is 1. The molecule has 1 unspecified atom stereocenters. The summed E-state index contributed by atoms with van der Waals surface area (Å²) in [7, 11) is -2.67. The Hall–Kier alpha value is -1.79. The fraction of sp³-hybridized carbons (Fsp3) is 0.500. The zero-order valence-electron chi connectivity index (χ0n) is 15.5. The molecule has 0 aliphatic carbocycles. The summed E-state index contributed by atoms with van der Waals surface area (Å²) in [4.78, 5) is 10.0. The number of thioether (sulfide) groups is 1. The lowest BCUT2D eigenvalue weighted by atomic mass is 10.0. The molecule has 0 radical (unpaired) electrons. The zero-order valence-corrected chi connectivity index (χ0v) is 17.2. The van der Waals surface area contributed by atoms with Crippen molar-refractivity contribution in [3.63, 3.8) is 0 Å². The number of nitro benzene ring substituents is 1. The second-order valence-electron chi connectivity index (χ2n) is 6.31. The summed E-state index contributed by atoms with van der Waals surface area (Å²) >= 11 is 1.46. The van der Waals surface area contributed by atoms with E-state index in [4.69, 9.17) is 4.74 Å². The van der Waals surface area contributed by atoms with E-state index in [2.05, 4.69) is 0 Å². The first-order chi connectivity index (χ1) is 12.8. The molecule has 1 atom stereocenters. The van der Waals surface area contributed by atoms with Crippen molar-refractivity contribution in [2.24, 2.45) is 0 Å². The topological polar surface area (TPSA) is 91.4 Å². The van der Waals surface area contributed by atoms with Crippen molar-refractivity contribution in [3.05, 3.63) is 39.6 Å². The average molecular weight is 440 g/mol. The molecule has 0 saturated heterocycles. The van der Waals surface area contributed by atoms with Gasteiger partial charge in [-0.15, -0.1) is 0 Å². The van der Waals surface area contributed by atoms with Crippen LogP contribution in [-0.4, -0.2) is 42.2 Å². The number of nitro groups is 1. The molecule has 0 amide bonds. The van der Waals surface area contributed by atoms with Crippen molar-refractivity contribution >= 4 is 38.4 Å². The normalized spacial score (nSPS) is 15.0. The van der Waals surface area contributed by atoms with Gasteiger partial charge in [0.2, 0.25) is 10.0 Å². The molecular weight excluding hydrogens is 421 g/mol. The van der Waals surface area contributed by atoms with E-state index >= 15 is 0 Å². The average Bonchev–Trinajstić information content (AvgIpc) is 2.97. The largest absolute Gasteiger partial charge is 0.423 e. The molecule has 0 spiro atoms. The molecule has 0 saturated carbocycles. The molecule has 0 fully saturated rings. The maximum absolute atomic E-state index is 13.3. The lowest BCUT2D eigenvalue weighted by Gasteiger charge is -2.29. The van der Waals surface area contributed by atoms with Crippen molar-refractivity contribution < 1.29 is 31.2 Å². The highest BCUT2D eigenvalue weighted by Crippen LogP contribution is 2.41. The Morgan fingerprint density at radius 3 is 2.32 bits per heavy atom. The predicted octanol–water partition coefficient (Wildman–Crippen LogP) is 3.99. The van der Waals surface area contributed by atoms with Crippen LogP contribution < -0.4 is 0 Å². The Kier molecular flexibility index (Phi) is 6.07. The Balaban J connectivity index is 2.96. The lowest BCUT2D eigenvalue weighted by molar-refractivity contribution is -0.387. The van der Waals surface area contributed by atoms with Gasteiger partial charge in [-0.3, -0.25) is 10.1 Å². The van der Waals surface area contributed by atoms with Gasteiger partial charge in [-0.05, 0) is 24.8 Å². The monoisotopic (exact) mass is 440 g/mol. The fourth-order valence-corrected chi connectivity index (χ4v) is 4.84. The van der Waals surface area contributed by atoms with Gasteiger partial charge in [0.15, 0.2) is 0 Å². The van der Waals surface area contributed by atoms with Crippen LogP contribution in [0.4, 0.5) is 18.9 Å². The van der Waals surface area contributed by atoms with E-state index in [-0.39, 0.29) is 16.6 Å². The lowest BCUT2D eigenvalue weighted by Crippen LogP contribution is -2.32. The summed E-state index contributed by atoms with van der Waals surface area (Å²) in [6.45, 7) is 3.51. The molecule has 1 aromatic carbocycles. The number of fused-ring (bicyclic) bond motifs is 1. The van der Waals surface area contributed by atoms with Crippen LogP contribution >= 0.6 is 11.8 Å². The zero-order chi connectivity index (χ0) is 21.5. The third-order valence-corrected chi connectivity index (χ3v) is 6.50. The van der Waals surface area contributed by atoms with Gasteiger partial charge in [-0.2, -0.15) is 24.9 Å². The van der Waals surface area contributed by atoms with E-state index in [9.17, 15) is 31.7 Å². The minimum Gasteiger partial charge on any atom is -0.371 e. The Labute approximate surface area is 164 Å². The number of nitrogens with zero attached hydrogens (tertiary/aromatic N) is 2. The molecular formula is C16H19F3N2O5S2. The Bertz CT molecular complexity index is 1020. The number of benzene rings is 1. The minimum absolute atomic E-state index is 0.00454. The molecule has 0 bridgehead atoms. The molecule has 0 aliphatic heterocycles. The maximum Gasteiger partial charge on any atom is 0.423 e. The van der Waals surface area contributed by atoms with Gasteiger partial charge >= 0.3 is 6.18 Å². The van der Waals surface area contributed by atoms with Crippen LogP contribution in [0.2, 0.25) is 0 Å². The highest BCUT2D eigenvalue weighted by Gasteiger charge is 2.40. The summed E-state index contributed by atoms with van der Waals surface area (Å²) in [6.07, 6.45) is -4.17. The van der Waals surface area contributed by atoms with Crippen LogP contribution in [0.25, 0.3) is 10.9 Å². The van der Waals surface area contributed by atoms with Crippen molar-refractivity contribution in [2.75, 3.05) is 24.9 Å². The Morgan fingerprint density at radius 2 is 1.89 bits per heavy atom. The first kappa shape index (κ1) is 22.5. The standard InChI is InChI=1S/C16H19F3N2O5S2/c1-5-27-9-15(2,26-3)14-7-10-6-13(21(22)23)11(16(17,18)19)8-12(10)20(14)28(4,24)25/h6-8H,5,9H2,1-4H3. The quantitative estimate of drug-likeness (QED) is 0.478. The Morgan fingerprint density at radius 1 is 1.29 bits per heavy atom. The van der Waals surface area contributed by atoms with Gasteiger partial charge in [0, 0.05) is 24.3 Å². The molecule has 7 nitrogen and oxygen atoms in total. The minimum atomic E-state index is -5.02. The second kappa shape index (κ2) is 7.56. The number of hydrogen-bond donors (Lipinski definition) is 0. The number of methoxy groups -OCH3 is 1. The molecule has 2 aromatic rings. The van der Waals surface area contributed by atoms with Crippen LogP contribution in [-0.2, 0) is 26.5 Å². The van der Waals surface area contributed by atoms with Crippen LogP contribution in [0, 0.1) is 10.1 Å². The first-order valence-corrected chi connectivity index (χ1v) is 11.0. The second-order valence-corrected chi connectivity index (χ2v) is 9.42. The highest BCUT2D eigenvalue weighted by molar-refractivity contribution is 7.99. The molecule has 0 N–H and O–H groups in total. The summed E-state index contributed by atoms with van der Waals surface area (Å²) in [5.74, 6) is 1.04. The number of halogens is 3. The summed E-state index contributed by atoms with van der Waals surface area (Å²) < 4.78 is 71.2. The van der Waals surface area contributed by atoms with Crippen LogP contribution in [0.5, 0.6) is 0 Å².